The van der Waals surface area contributed by atoms with Crippen LogP contribution in [0, 0.1) is 5.92 Å². The van der Waals surface area contributed by atoms with Crippen LogP contribution in [-0.2, 0) is 9.53 Å². The van der Waals surface area contributed by atoms with Gasteiger partial charge in [-0.15, -0.1) is 0 Å². The van der Waals surface area contributed by atoms with Crippen molar-refractivity contribution < 1.29 is 14.3 Å². The number of fused-ring (bicyclic) bond motifs is 1. The number of carbonyl (C=O) groups is 2. The average molecular weight is 737 g/mol. The standard InChI is InChI=1S/C40H39Cl2N7O3/c1-25(26-10-12-29(41)13-11-26)49-24-45-35(27-7-4-3-5-8-27)37(49)34-31-15-14-30(42)23-33(31)46-36(34)40(51)47-32-9-6-18-43-38(32)48-20-16-28(17-21-48)39(50)44-19-22-52-2/h3-15,18,23-25,28,46H,16-17,19-22H2,1-2H3,(H,44,50)(H,47,51). The summed E-state index contributed by atoms with van der Waals surface area (Å²) in [5.41, 5.74) is 5.83. The molecule has 1 aliphatic rings. The van der Waals surface area contributed by atoms with Gasteiger partial charge in [-0.05, 0) is 61.7 Å². The molecule has 0 saturated carbocycles. The van der Waals surface area contributed by atoms with Crippen molar-refractivity contribution in [1.29, 1.82) is 0 Å². The maximum atomic E-state index is 14.6. The summed E-state index contributed by atoms with van der Waals surface area (Å²) in [6.07, 6.45) is 4.89. The van der Waals surface area contributed by atoms with Gasteiger partial charge in [0.2, 0.25) is 5.91 Å². The maximum Gasteiger partial charge on any atom is 0.272 e. The molecule has 6 aromatic rings. The van der Waals surface area contributed by atoms with E-state index in [2.05, 4.69) is 37.0 Å². The second kappa shape index (κ2) is 15.6. The van der Waals surface area contributed by atoms with Crippen LogP contribution in [0.1, 0.15) is 41.9 Å². The molecule has 1 aliphatic heterocycles. The number of aromatic amines is 1. The zero-order valence-electron chi connectivity index (χ0n) is 28.9. The lowest BCUT2D eigenvalue weighted by Gasteiger charge is -2.33. The molecule has 2 amide bonds. The first-order valence-corrected chi connectivity index (χ1v) is 18.0. The molecule has 3 aromatic heterocycles. The Morgan fingerprint density at radius 3 is 2.46 bits per heavy atom. The summed E-state index contributed by atoms with van der Waals surface area (Å²) < 4.78 is 7.17. The van der Waals surface area contributed by atoms with Crippen molar-refractivity contribution >= 4 is 57.4 Å². The van der Waals surface area contributed by atoms with Crippen molar-refractivity contribution in [3.8, 4) is 22.5 Å². The highest BCUT2D eigenvalue weighted by Crippen LogP contribution is 2.42. The molecule has 10 nitrogen and oxygen atoms in total. The molecule has 7 rings (SSSR count). The molecule has 4 heterocycles. The van der Waals surface area contributed by atoms with Crippen LogP contribution in [0.2, 0.25) is 10.0 Å². The Morgan fingerprint density at radius 2 is 1.71 bits per heavy atom. The van der Waals surface area contributed by atoms with Crippen LogP contribution in [0.3, 0.4) is 0 Å². The fourth-order valence-corrected chi connectivity index (χ4v) is 7.20. The molecule has 0 aliphatic carbocycles. The molecule has 1 fully saturated rings. The number of piperidine rings is 1. The topological polar surface area (TPSA) is 117 Å². The van der Waals surface area contributed by atoms with E-state index in [0.717, 1.165) is 33.4 Å². The largest absolute Gasteiger partial charge is 0.383 e. The lowest BCUT2D eigenvalue weighted by molar-refractivity contribution is -0.125. The van der Waals surface area contributed by atoms with Gasteiger partial charge >= 0.3 is 0 Å². The van der Waals surface area contributed by atoms with Gasteiger partial charge in [-0.25, -0.2) is 9.97 Å². The Bertz CT molecular complexity index is 2190. The normalized spacial score (nSPS) is 14.0. The van der Waals surface area contributed by atoms with E-state index in [0.29, 0.717) is 71.9 Å². The fraction of sp³-hybridized carbons (Fsp3) is 0.250. The van der Waals surface area contributed by atoms with E-state index in [9.17, 15) is 9.59 Å². The van der Waals surface area contributed by atoms with Gasteiger partial charge in [0.25, 0.3) is 5.91 Å². The minimum absolute atomic E-state index is 0.0391. The Hall–Kier alpha value is -5.16. The predicted octanol–water partition coefficient (Wildman–Crippen LogP) is 8.24. The third kappa shape index (κ3) is 7.27. The molecular weight excluding hydrogens is 697 g/mol. The summed E-state index contributed by atoms with van der Waals surface area (Å²) in [4.78, 5) is 42.4. The van der Waals surface area contributed by atoms with E-state index in [4.69, 9.17) is 32.9 Å². The van der Waals surface area contributed by atoms with Gasteiger partial charge in [-0.3, -0.25) is 9.59 Å². The summed E-state index contributed by atoms with van der Waals surface area (Å²) in [5, 5.41) is 8.15. The molecule has 1 unspecified atom stereocenters. The number of nitrogens with one attached hydrogen (secondary N) is 3. The third-order valence-electron chi connectivity index (χ3n) is 9.64. The number of rotatable bonds is 11. The number of H-pyrrole nitrogens is 1. The van der Waals surface area contributed by atoms with E-state index < -0.39 is 0 Å². The smallest absolute Gasteiger partial charge is 0.272 e. The summed E-state index contributed by atoms with van der Waals surface area (Å²) in [6.45, 7) is 4.32. The van der Waals surface area contributed by atoms with Crippen LogP contribution in [0.5, 0.6) is 0 Å². The zero-order valence-corrected chi connectivity index (χ0v) is 30.4. The van der Waals surface area contributed by atoms with Gasteiger partial charge in [0.15, 0.2) is 5.82 Å². The Kier molecular flexibility index (Phi) is 10.6. The van der Waals surface area contributed by atoms with E-state index >= 15 is 0 Å². The van der Waals surface area contributed by atoms with Crippen LogP contribution in [-0.4, -0.2) is 64.7 Å². The Morgan fingerprint density at radius 1 is 0.962 bits per heavy atom. The first-order chi connectivity index (χ1) is 25.3. The number of ether oxygens (including phenoxy) is 1. The number of amides is 2. The Balaban J connectivity index is 1.27. The number of aromatic nitrogens is 4. The van der Waals surface area contributed by atoms with E-state index in [1.807, 2.05) is 85.2 Å². The predicted molar refractivity (Wildman–Crippen MR) is 207 cm³/mol. The molecule has 0 spiro atoms. The molecule has 1 atom stereocenters. The van der Waals surface area contributed by atoms with Gasteiger partial charge < -0.3 is 29.8 Å². The van der Waals surface area contributed by atoms with Gasteiger partial charge in [-0.2, -0.15) is 0 Å². The van der Waals surface area contributed by atoms with Gasteiger partial charge in [0.05, 0.1) is 36.1 Å². The lowest BCUT2D eigenvalue weighted by Crippen LogP contribution is -2.41. The average Bonchev–Trinajstić information content (AvgIpc) is 3.77. The zero-order chi connectivity index (χ0) is 36.2. The van der Waals surface area contributed by atoms with Crippen molar-refractivity contribution in [2.45, 2.75) is 25.8 Å². The molecule has 12 heteroatoms. The van der Waals surface area contributed by atoms with Crippen molar-refractivity contribution in [3.63, 3.8) is 0 Å². The van der Waals surface area contributed by atoms with Gasteiger partial charge in [0, 0.05) is 70.9 Å². The van der Waals surface area contributed by atoms with E-state index in [-0.39, 0.29) is 23.8 Å². The molecule has 0 bridgehead atoms. The number of pyridine rings is 1. The molecule has 0 radical (unpaired) electrons. The molecule has 3 aromatic carbocycles. The summed E-state index contributed by atoms with van der Waals surface area (Å²) in [5.74, 6) is 0.266. The minimum atomic E-state index is -0.338. The molecule has 52 heavy (non-hydrogen) atoms. The number of hydrogen-bond acceptors (Lipinski definition) is 6. The molecule has 266 valence electrons. The number of nitrogens with zero attached hydrogens (tertiary/aromatic N) is 4. The van der Waals surface area contributed by atoms with Crippen LogP contribution in [0.15, 0.2) is 97.5 Å². The van der Waals surface area contributed by atoms with Gasteiger partial charge in [-0.1, -0.05) is 71.7 Å². The van der Waals surface area contributed by atoms with Crippen LogP contribution in [0.4, 0.5) is 11.5 Å². The Labute approximate surface area is 312 Å². The monoisotopic (exact) mass is 735 g/mol. The quantitative estimate of drug-likeness (QED) is 0.115. The number of imidazole rings is 1. The second-order valence-corrected chi connectivity index (χ2v) is 13.8. The highest BCUT2D eigenvalue weighted by molar-refractivity contribution is 6.31. The highest BCUT2D eigenvalue weighted by atomic mass is 35.5. The summed E-state index contributed by atoms with van der Waals surface area (Å²) in [7, 11) is 1.61. The minimum Gasteiger partial charge on any atom is -0.383 e. The van der Waals surface area contributed by atoms with Crippen molar-refractivity contribution in [1.82, 2.24) is 24.8 Å². The van der Waals surface area contributed by atoms with E-state index in [1.165, 1.54) is 0 Å². The van der Waals surface area contributed by atoms with Crippen LogP contribution >= 0.6 is 23.2 Å². The van der Waals surface area contributed by atoms with Crippen molar-refractivity contribution in [2.24, 2.45) is 5.92 Å². The van der Waals surface area contributed by atoms with Crippen LogP contribution < -0.4 is 15.5 Å². The SMILES string of the molecule is COCCNC(=O)C1CCN(c2ncccc2NC(=O)c2[nH]c3cc(Cl)ccc3c2-c2c(-c3ccccc3)ncn2C(C)c2ccc(Cl)cc2)CC1. The number of halogens is 2. The first kappa shape index (κ1) is 35.3. The second-order valence-electron chi connectivity index (χ2n) is 12.9. The number of anilines is 2. The fourth-order valence-electron chi connectivity index (χ4n) is 6.90. The highest BCUT2D eigenvalue weighted by Gasteiger charge is 2.30. The van der Waals surface area contributed by atoms with Crippen LogP contribution in [0.25, 0.3) is 33.4 Å². The maximum absolute atomic E-state index is 14.6. The lowest BCUT2D eigenvalue weighted by atomic mass is 9.96. The summed E-state index contributed by atoms with van der Waals surface area (Å²) >= 11 is 12.7. The van der Waals surface area contributed by atoms with E-state index in [1.54, 1.807) is 19.4 Å². The number of hydrogen-bond donors (Lipinski definition) is 3. The summed E-state index contributed by atoms with van der Waals surface area (Å²) in [6, 6.07) is 26.8. The first-order valence-electron chi connectivity index (χ1n) is 17.3. The van der Waals surface area contributed by atoms with Crippen molar-refractivity contribution in [3.05, 3.63) is 119 Å². The van der Waals surface area contributed by atoms with Crippen molar-refractivity contribution in [2.75, 3.05) is 43.6 Å². The molecule has 3 N–H and O–H groups in total. The number of methoxy groups -OCH3 is 1. The number of benzene rings is 3. The van der Waals surface area contributed by atoms with Gasteiger partial charge in [0.1, 0.15) is 5.69 Å². The third-order valence-corrected chi connectivity index (χ3v) is 10.1. The number of carbonyl (C=O) groups excluding carboxylic acids is 2. The molecule has 1 saturated heterocycles. The molecular formula is C40H39Cl2N7O3.